The molecule has 0 N–H and O–H groups in total. The van der Waals surface area contributed by atoms with E-state index in [0.29, 0.717) is 0 Å². The summed E-state index contributed by atoms with van der Waals surface area (Å²) in [5.74, 6) is 0.846. The summed E-state index contributed by atoms with van der Waals surface area (Å²) in [6.45, 7) is 4.32. The Bertz CT molecular complexity index is 117. The van der Waals surface area contributed by atoms with Crippen molar-refractivity contribution >= 4 is 0 Å². The van der Waals surface area contributed by atoms with Crippen LogP contribution in [0.25, 0.3) is 0 Å². The molecular weight excluding hydrogens is 178 g/mol. The highest BCUT2D eigenvalue weighted by Gasteiger charge is 2.18. The molecule has 0 spiro atoms. The molecule has 0 aliphatic carbocycles. The number of methoxy groups -OCH3 is 1. The van der Waals surface area contributed by atoms with Crippen LogP contribution >= 0.6 is 0 Å². The first-order chi connectivity index (χ1) is 6.86. The zero-order chi connectivity index (χ0) is 10.2. The van der Waals surface area contributed by atoms with E-state index in [2.05, 4.69) is 4.90 Å². The van der Waals surface area contributed by atoms with Crippen molar-refractivity contribution in [3.63, 3.8) is 0 Å². The highest BCUT2D eigenvalue weighted by molar-refractivity contribution is 4.71. The van der Waals surface area contributed by atoms with Gasteiger partial charge in [0.05, 0.1) is 6.61 Å². The smallest absolute Gasteiger partial charge is 0.0834 e. The Balaban J connectivity index is 2.05. The fourth-order valence-corrected chi connectivity index (χ4v) is 2.07. The van der Waals surface area contributed by atoms with Crippen LogP contribution in [0.15, 0.2) is 0 Å². The molecule has 3 nitrogen and oxygen atoms in total. The minimum Gasteiger partial charge on any atom is -0.385 e. The molecular formula is C11H22NO2. The van der Waals surface area contributed by atoms with Gasteiger partial charge in [-0.15, -0.1) is 0 Å². The Hall–Kier alpha value is -0.120. The topological polar surface area (TPSA) is 32.4 Å². The first kappa shape index (κ1) is 12.0. The molecule has 1 radical (unpaired) electrons. The zero-order valence-electron chi connectivity index (χ0n) is 9.21. The minimum absolute atomic E-state index is 0.0730. The van der Waals surface area contributed by atoms with Gasteiger partial charge in [-0.2, -0.15) is 0 Å². The van der Waals surface area contributed by atoms with Crippen LogP contribution in [0.2, 0.25) is 0 Å². The summed E-state index contributed by atoms with van der Waals surface area (Å²) in [7, 11) is 1.77. The molecule has 3 heteroatoms. The Morgan fingerprint density at radius 2 is 2.07 bits per heavy atom. The first-order valence-electron chi connectivity index (χ1n) is 5.66. The van der Waals surface area contributed by atoms with Gasteiger partial charge in [-0.3, -0.25) is 0 Å². The second kappa shape index (κ2) is 7.21. The van der Waals surface area contributed by atoms with Gasteiger partial charge in [-0.05, 0) is 44.7 Å². The zero-order valence-corrected chi connectivity index (χ0v) is 9.21. The van der Waals surface area contributed by atoms with Crippen LogP contribution in [0.4, 0.5) is 0 Å². The lowest BCUT2D eigenvalue weighted by Crippen LogP contribution is -2.34. The van der Waals surface area contributed by atoms with E-state index in [9.17, 15) is 5.11 Å². The number of ether oxygens (including phenoxy) is 1. The Kier molecular flexibility index (Phi) is 6.15. The van der Waals surface area contributed by atoms with Crippen molar-refractivity contribution in [1.29, 1.82) is 0 Å². The van der Waals surface area contributed by atoms with Crippen molar-refractivity contribution in [2.75, 3.05) is 40.0 Å². The van der Waals surface area contributed by atoms with E-state index in [1.807, 2.05) is 0 Å². The number of piperidine rings is 1. The third-order valence-corrected chi connectivity index (χ3v) is 3.06. The molecule has 0 unspecified atom stereocenters. The summed E-state index contributed by atoms with van der Waals surface area (Å²) in [4.78, 5) is 2.42. The van der Waals surface area contributed by atoms with Gasteiger partial charge in [0.2, 0.25) is 0 Å². The predicted molar refractivity (Wildman–Crippen MR) is 55.8 cm³/mol. The monoisotopic (exact) mass is 200 g/mol. The fourth-order valence-electron chi connectivity index (χ4n) is 2.07. The van der Waals surface area contributed by atoms with Crippen molar-refractivity contribution in [1.82, 2.24) is 4.90 Å². The minimum atomic E-state index is 0.0730. The van der Waals surface area contributed by atoms with Crippen LogP contribution in [0.1, 0.15) is 25.7 Å². The number of hydrogen-bond acceptors (Lipinski definition) is 2. The lowest BCUT2D eigenvalue weighted by molar-refractivity contribution is 0.121. The van der Waals surface area contributed by atoms with Crippen molar-refractivity contribution in [2.24, 2.45) is 5.92 Å². The highest BCUT2D eigenvalue weighted by Crippen LogP contribution is 2.20. The number of likely N-dealkylation sites (tertiary alicyclic amines) is 1. The van der Waals surface area contributed by atoms with E-state index < -0.39 is 0 Å². The Labute approximate surface area is 87.1 Å². The van der Waals surface area contributed by atoms with Gasteiger partial charge in [-0.25, -0.2) is 5.11 Å². The first-order valence-corrected chi connectivity index (χ1v) is 5.66. The molecule has 1 rings (SSSR count). The fraction of sp³-hybridized carbons (Fsp3) is 1.00. The summed E-state index contributed by atoms with van der Waals surface area (Å²) in [6, 6.07) is 0. The average molecular weight is 200 g/mol. The molecule has 0 aromatic rings. The van der Waals surface area contributed by atoms with Crippen molar-refractivity contribution in [3.05, 3.63) is 0 Å². The summed E-state index contributed by atoms with van der Waals surface area (Å²) in [5, 5.41) is 10.3. The van der Waals surface area contributed by atoms with Gasteiger partial charge < -0.3 is 9.64 Å². The molecule has 0 bridgehead atoms. The summed E-state index contributed by atoms with van der Waals surface area (Å²) in [5.41, 5.74) is 0. The van der Waals surface area contributed by atoms with E-state index in [-0.39, 0.29) is 6.61 Å². The number of nitrogens with zero attached hydrogens (tertiary/aromatic N) is 1. The molecule has 0 aromatic heterocycles. The molecule has 1 aliphatic heterocycles. The van der Waals surface area contributed by atoms with Crippen molar-refractivity contribution in [3.8, 4) is 0 Å². The third-order valence-electron chi connectivity index (χ3n) is 3.06. The largest absolute Gasteiger partial charge is 0.385 e. The van der Waals surface area contributed by atoms with Crippen LogP contribution in [0.5, 0.6) is 0 Å². The van der Waals surface area contributed by atoms with Crippen LogP contribution in [-0.4, -0.2) is 44.9 Å². The van der Waals surface area contributed by atoms with Gasteiger partial charge in [0.15, 0.2) is 0 Å². The molecule has 0 atom stereocenters. The molecule has 1 saturated heterocycles. The van der Waals surface area contributed by atoms with Crippen LogP contribution in [-0.2, 0) is 9.84 Å². The molecule has 0 saturated carbocycles. The number of rotatable bonds is 6. The van der Waals surface area contributed by atoms with Crippen molar-refractivity contribution < 1.29 is 9.84 Å². The van der Waals surface area contributed by atoms with E-state index in [0.717, 1.165) is 25.5 Å². The maximum Gasteiger partial charge on any atom is 0.0834 e. The van der Waals surface area contributed by atoms with Gasteiger partial charge in [-0.1, -0.05) is 0 Å². The standard InChI is InChI=1S/C11H22NO2/c1-14-10-5-11-3-7-12(8-4-11)6-2-9-13/h11H,2-10H2,1H3. The van der Waals surface area contributed by atoms with Gasteiger partial charge in [0.25, 0.3) is 0 Å². The van der Waals surface area contributed by atoms with E-state index >= 15 is 0 Å². The van der Waals surface area contributed by atoms with Crippen molar-refractivity contribution in [2.45, 2.75) is 25.7 Å². The SMILES string of the molecule is COCCC1CCN(CCC[O])CC1. The van der Waals surface area contributed by atoms with Gasteiger partial charge in [0, 0.05) is 20.3 Å². The third kappa shape index (κ3) is 4.40. The lowest BCUT2D eigenvalue weighted by atomic mass is 9.94. The summed E-state index contributed by atoms with van der Waals surface area (Å²) < 4.78 is 5.08. The second-order valence-electron chi connectivity index (χ2n) is 4.12. The maximum atomic E-state index is 10.3. The number of hydrogen-bond donors (Lipinski definition) is 0. The van der Waals surface area contributed by atoms with Crippen LogP contribution < -0.4 is 0 Å². The second-order valence-corrected chi connectivity index (χ2v) is 4.12. The van der Waals surface area contributed by atoms with Crippen LogP contribution in [0, 0.1) is 5.92 Å². The Morgan fingerprint density at radius 1 is 1.36 bits per heavy atom. The lowest BCUT2D eigenvalue weighted by Gasteiger charge is -2.31. The summed E-state index contributed by atoms with van der Waals surface area (Å²) in [6.07, 6.45) is 4.57. The molecule has 1 heterocycles. The van der Waals surface area contributed by atoms with Gasteiger partial charge in [0.1, 0.15) is 0 Å². The molecule has 1 fully saturated rings. The molecule has 1 aliphatic rings. The van der Waals surface area contributed by atoms with Crippen LogP contribution in [0.3, 0.4) is 0 Å². The molecule has 0 aromatic carbocycles. The molecule has 83 valence electrons. The predicted octanol–water partition coefficient (Wildman–Crippen LogP) is 1.56. The van der Waals surface area contributed by atoms with Gasteiger partial charge >= 0.3 is 0 Å². The summed E-state index contributed by atoms with van der Waals surface area (Å²) >= 11 is 0. The Morgan fingerprint density at radius 3 is 2.64 bits per heavy atom. The quantitative estimate of drug-likeness (QED) is 0.651. The van der Waals surface area contributed by atoms with E-state index in [1.165, 1.54) is 32.4 Å². The van der Waals surface area contributed by atoms with E-state index in [4.69, 9.17) is 4.74 Å². The highest BCUT2D eigenvalue weighted by atomic mass is 16.5. The van der Waals surface area contributed by atoms with E-state index in [1.54, 1.807) is 7.11 Å². The maximum absolute atomic E-state index is 10.3. The normalized spacial score (nSPS) is 20.1. The molecule has 14 heavy (non-hydrogen) atoms. The molecule has 0 amide bonds. The average Bonchev–Trinajstić information content (AvgIpc) is 2.25.